The van der Waals surface area contributed by atoms with Crippen LogP contribution in [0.4, 0.5) is 13.2 Å². The van der Waals surface area contributed by atoms with E-state index in [1.807, 2.05) is 0 Å². The highest BCUT2D eigenvalue weighted by Gasteiger charge is 2.52. The van der Waals surface area contributed by atoms with Crippen molar-refractivity contribution in [2.75, 3.05) is 17.3 Å². The fourth-order valence-corrected chi connectivity index (χ4v) is 8.37. The van der Waals surface area contributed by atoms with Gasteiger partial charge < -0.3 is 0 Å². The molecule has 0 aromatic heterocycles. The first kappa shape index (κ1) is 18.1. The zero-order valence-electron chi connectivity index (χ0n) is 12.2. The number of alkyl halides is 3. The number of ketones is 1. The van der Waals surface area contributed by atoms with E-state index in [4.69, 9.17) is 0 Å². The summed E-state index contributed by atoms with van der Waals surface area (Å²) in [7, 11) is -8.14. The molecule has 0 radical (unpaired) electrons. The topological polar surface area (TPSA) is 60.4 Å². The van der Waals surface area contributed by atoms with Crippen LogP contribution in [0.2, 0.25) is 0 Å². The van der Waals surface area contributed by atoms with Crippen LogP contribution in [0.15, 0.2) is 0 Å². The Kier molecular flexibility index (Phi) is 5.49. The molecule has 1 saturated carbocycles. The van der Waals surface area contributed by atoms with Gasteiger partial charge in [-0.25, -0.2) is 3.63 Å². The molecular formula is C13H21F3O4S2. The van der Waals surface area contributed by atoms with Crippen molar-refractivity contribution in [3.8, 4) is 0 Å². The number of Topliss-reactive ketones (excluding diaryl/α,β-unsaturated/α-hetero) is 1. The van der Waals surface area contributed by atoms with Gasteiger partial charge in [-0.1, -0.05) is 19.3 Å². The number of halogens is 3. The Morgan fingerprint density at radius 3 is 2.09 bits per heavy atom. The van der Waals surface area contributed by atoms with Gasteiger partial charge in [0.05, 0.1) is 5.75 Å². The van der Waals surface area contributed by atoms with E-state index in [9.17, 15) is 26.4 Å². The molecule has 1 heterocycles. The second kappa shape index (κ2) is 6.68. The van der Waals surface area contributed by atoms with Gasteiger partial charge in [0.1, 0.15) is 5.78 Å². The molecular weight excluding hydrogens is 341 g/mol. The van der Waals surface area contributed by atoms with E-state index in [0.717, 1.165) is 32.1 Å². The Bertz CT molecular complexity index is 504. The fraction of sp³-hybridized carbons (Fsp3) is 0.923. The Hall–Kier alpha value is -0.280. The number of rotatable bonds is 5. The lowest BCUT2D eigenvalue weighted by molar-refractivity contribution is -0.121. The molecule has 0 unspecified atom stereocenters. The van der Waals surface area contributed by atoms with Crippen LogP contribution in [-0.4, -0.2) is 37.0 Å². The van der Waals surface area contributed by atoms with Crippen LogP contribution in [-0.2, 0) is 18.5 Å². The van der Waals surface area contributed by atoms with Crippen LogP contribution in [0.1, 0.15) is 44.9 Å². The lowest BCUT2D eigenvalue weighted by Crippen LogP contribution is -2.31. The summed E-state index contributed by atoms with van der Waals surface area (Å²) >= 11 is 0. The Morgan fingerprint density at radius 2 is 1.59 bits per heavy atom. The second-order valence-corrected chi connectivity index (χ2v) is 10.9. The highest BCUT2D eigenvalue weighted by Crippen LogP contribution is 2.58. The third kappa shape index (κ3) is 4.17. The molecule has 0 spiro atoms. The van der Waals surface area contributed by atoms with Crippen molar-refractivity contribution in [3.63, 3.8) is 0 Å². The summed E-state index contributed by atoms with van der Waals surface area (Å²) in [4.78, 5) is 12.4. The summed E-state index contributed by atoms with van der Waals surface area (Å²) < 4.78 is 65.0. The smallest absolute Gasteiger partial charge is 0.298 e. The van der Waals surface area contributed by atoms with Gasteiger partial charge in [-0.3, -0.25) is 4.79 Å². The third-order valence-electron chi connectivity index (χ3n) is 4.27. The van der Waals surface area contributed by atoms with Gasteiger partial charge in [0, 0.05) is 17.4 Å². The van der Waals surface area contributed by atoms with Crippen molar-refractivity contribution in [1.29, 1.82) is 0 Å². The van der Waals surface area contributed by atoms with Gasteiger partial charge in [-0.05, 0) is 25.7 Å². The van der Waals surface area contributed by atoms with Crippen LogP contribution in [0.3, 0.4) is 0 Å². The molecule has 0 N–H and O–H groups in total. The lowest BCUT2D eigenvalue weighted by atomic mass is 9.87. The Balaban J connectivity index is 2.10. The van der Waals surface area contributed by atoms with Crippen molar-refractivity contribution in [2.45, 2.75) is 50.5 Å². The highest BCUT2D eigenvalue weighted by atomic mass is 32.3. The zero-order valence-corrected chi connectivity index (χ0v) is 13.9. The van der Waals surface area contributed by atoms with Crippen molar-refractivity contribution >= 4 is 26.2 Å². The maximum absolute atomic E-state index is 12.6. The molecule has 2 rings (SSSR count). The number of carbonyl (C=O) groups is 1. The number of hydrogen-bond donors (Lipinski definition) is 0. The van der Waals surface area contributed by atoms with Crippen LogP contribution in [0, 0.1) is 5.92 Å². The molecule has 0 atom stereocenters. The minimum absolute atomic E-state index is 0.117. The molecule has 2 fully saturated rings. The molecule has 4 nitrogen and oxygen atoms in total. The molecule has 0 aromatic carbocycles. The van der Waals surface area contributed by atoms with Gasteiger partial charge in [-0.2, -0.15) is 21.6 Å². The van der Waals surface area contributed by atoms with E-state index in [-0.39, 0.29) is 29.0 Å². The van der Waals surface area contributed by atoms with Gasteiger partial charge in [0.2, 0.25) is 0 Å². The molecule has 0 amide bonds. The first-order chi connectivity index (χ1) is 10.2. The molecule has 2 aliphatic rings. The normalized spacial score (nSPS) is 25.0. The molecule has 0 bridgehead atoms. The van der Waals surface area contributed by atoms with E-state index >= 15 is 0 Å². The van der Waals surface area contributed by atoms with Crippen molar-refractivity contribution in [1.82, 2.24) is 0 Å². The highest BCUT2D eigenvalue weighted by molar-refractivity contribution is 8.33. The molecule has 130 valence electrons. The fourth-order valence-electron chi connectivity index (χ4n) is 3.10. The van der Waals surface area contributed by atoms with Crippen molar-refractivity contribution < 1.29 is 30.0 Å². The monoisotopic (exact) mass is 362 g/mol. The standard InChI is InChI=1S/C13H21F3O4S2/c14-13(15,16)22(18,19)20-21(8-4-5-9-21)10-12(17)11-6-2-1-3-7-11/h11H,1-10H2. The SMILES string of the molecule is O=C(CS1(OS(=O)(=O)C(F)(F)F)CCCC1)C1CCCCC1. The maximum atomic E-state index is 12.6. The van der Waals surface area contributed by atoms with Crippen LogP contribution >= 0.6 is 10.3 Å². The quantitative estimate of drug-likeness (QED) is 0.702. The van der Waals surface area contributed by atoms with Crippen molar-refractivity contribution in [2.24, 2.45) is 5.92 Å². The summed E-state index contributed by atoms with van der Waals surface area (Å²) in [5, 5.41) is 0. The zero-order chi connectivity index (χ0) is 16.4. The van der Waals surface area contributed by atoms with Gasteiger partial charge >= 0.3 is 15.6 Å². The number of carbonyl (C=O) groups excluding carboxylic acids is 1. The van der Waals surface area contributed by atoms with E-state index in [2.05, 4.69) is 3.63 Å². The van der Waals surface area contributed by atoms with Crippen LogP contribution in [0.5, 0.6) is 0 Å². The van der Waals surface area contributed by atoms with E-state index in [0.29, 0.717) is 12.8 Å². The summed E-state index contributed by atoms with van der Waals surface area (Å²) in [6.07, 6.45) is 5.68. The second-order valence-electron chi connectivity index (χ2n) is 5.99. The van der Waals surface area contributed by atoms with E-state index < -0.39 is 25.9 Å². The summed E-state index contributed by atoms with van der Waals surface area (Å²) in [6, 6.07) is 0. The van der Waals surface area contributed by atoms with Crippen molar-refractivity contribution in [3.05, 3.63) is 0 Å². The Labute approximate surface area is 130 Å². The van der Waals surface area contributed by atoms with E-state index in [1.54, 1.807) is 0 Å². The third-order valence-corrected chi connectivity index (χ3v) is 9.58. The van der Waals surface area contributed by atoms with Crippen LogP contribution in [0.25, 0.3) is 0 Å². The average molecular weight is 362 g/mol. The Morgan fingerprint density at radius 1 is 1.05 bits per heavy atom. The van der Waals surface area contributed by atoms with Gasteiger partial charge in [0.25, 0.3) is 0 Å². The average Bonchev–Trinajstić information content (AvgIpc) is 2.86. The minimum atomic E-state index is -5.63. The van der Waals surface area contributed by atoms with E-state index in [1.165, 1.54) is 0 Å². The maximum Gasteiger partial charge on any atom is 0.523 e. The van der Waals surface area contributed by atoms with Gasteiger partial charge in [0.15, 0.2) is 0 Å². The molecule has 22 heavy (non-hydrogen) atoms. The minimum Gasteiger partial charge on any atom is -0.298 e. The molecule has 0 aromatic rings. The predicted octanol–water partition coefficient (Wildman–Crippen LogP) is 3.52. The van der Waals surface area contributed by atoms with Gasteiger partial charge in [-0.15, -0.1) is 10.3 Å². The number of hydrogen-bond acceptors (Lipinski definition) is 4. The summed E-state index contributed by atoms with van der Waals surface area (Å²) in [5.41, 5.74) is -5.43. The summed E-state index contributed by atoms with van der Waals surface area (Å²) in [5.74, 6) is 0.124. The molecule has 1 aliphatic heterocycles. The molecule has 1 saturated heterocycles. The first-order valence-electron chi connectivity index (χ1n) is 7.47. The largest absolute Gasteiger partial charge is 0.523 e. The predicted molar refractivity (Wildman–Crippen MR) is 79.1 cm³/mol. The first-order valence-corrected chi connectivity index (χ1v) is 10.9. The van der Waals surface area contributed by atoms with Crippen LogP contribution < -0.4 is 0 Å². The lowest BCUT2D eigenvalue weighted by Gasteiger charge is -2.35. The molecule has 1 aliphatic carbocycles. The molecule has 9 heteroatoms. The summed E-state index contributed by atoms with van der Waals surface area (Å²) in [6.45, 7) is 0.